The zero-order valence-electron chi connectivity index (χ0n) is 9.91. The van der Waals surface area contributed by atoms with Crippen molar-refractivity contribution in [2.24, 2.45) is 5.92 Å². The Kier molecular flexibility index (Phi) is 3.87. The average Bonchev–Trinajstić information content (AvgIpc) is 2.29. The van der Waals surface area contributed by atoms with Gasteiger partial charge in [0, 0.05) is 23.6 Å². The van der Waals surface area contributed by atoms with Gasteiger partial charge in [-0.05, 0) is 47.4 Å². The molecule has 2 nitrogen and oxygen atoms in total. The van der Waals surface area contributed by atoms with E-state index in [1.54, 1.807) is 0 Å². The topological polar surface area (TPSA) is 15.3 Å². The molecule has 1 heterocycles. The second-order valence-corrected chi connectivity index (χ2v) is 5.41. The van der Waals surface area contributed by atoms with Gasteiger partial charge in [0.2, 0.25) is 0 Å². The molecular formula is C13H19BrN2. The zero-order chi connectivity index (χ0) is 11.5. The Morgan fingerprint density at radius 1 is 1.38 bits per heavy atom. The van der Waals surface area contributed by atoms with E-state index in [9.17, 15) is 0 Å². The molecule has 16 heavy (non-hydrogen) atoms. The first-order chi connectivity index (χ1) is 7.72. The lowest BCUT2D eigenvalue weighted by molar-refractivity contribution is 0.339. The van der Waals surface area contributed by atoms with E-state index in [0.29, 0.717) is 12.0 Å². The first-order valence-corrected chi connectivity index (χ1v) is 6.68. The lowest BCUT2D eigenvalue weighted by atomic mass is 9.93. The van der Waals surface area contributed by atoms with Crippen molar-refractivity contribution < 1.29 is 0 Å². The largest absolute Gasteiger partial charge is 0.370 e. The van der Waals surface area contributed by atoms with Crippen LogP contribution in [-0.4, -0.2) is 26.2 Å². The summed E-state index contributed by atoms with van der Waals surface area (Å²) in [5.41, 5.74) is 1.32. The Morgan fingerprint density at radius 2 is 2.12 bits per heavy atom. The Labute approximate surface area is 106 Å². The van der Waals surface area contributed by atoms with Gasteiger partial charge in [0.25, 0.3) is 0 Å². The van der Waals surface area contributed by atoms with Crippen molar-refractivity contribution in [1.82, 2.24) is 5.32 Å². The maximum atomic E-state index is 3.63. The van der Waals surface area contributed by atoms with Crippen LogP contribution in [0.1, 0.15) is 13.3 Å². The van der Waals surface area contributed by atoms with Crippen molar-refractivity contribution in [1.29, 1.82) is 0 Å². The van der Waals surface area contributed by atoms with E-state index in [0.717, 1.165) is 13.1 Å². The minimum Gasteiger partial charge on any atom is -0.370 e. The molecule has 1 N–H and O–H groups in total. The van der Waals surface area contributed by atoms with Crippen LogP contribution in [-0.2, 0) is 0 Å². The van der Waals surface area contributed by atoms with E-state index in [1.807, 2.05) is 0 Å². The first-order valence-electron chi connectivity index (χ1n) is 5.89. The number of hydrogen-bond donors (Lipinski definition) is 1. The molecule has 2 unspecified atom stereocenters. The van der Waals surface area contributed by atoms with Crippen molar-refractivity contribution in [3.8, 4) is 0 Å². The molecule has 3 heteroatoms. The van der Waals surface area contributed by atoms with Crippen LogP contribution in [0.25, 0.3) is 0 Å². The molecule has 0 radical (unpaired) electrons. The van der Waals surface area contributed by atoms with Gasteiger partial charge in [-0.2, -0.15) is 0 Å². The molecule has 0 bridgehead atoms. The van der Waals surface area contributed by atoms with Crippen molar-refractivity contribution in [2.45, 2.75) is 19.4 Å². The Hall–Kier alpha value is -0.540. The smallest absolute Gasteiger partial charge is 0.0510 e. The molecule has 1 saturated heterocycles. The maximum Gasteiger partial charge on any atom is 0.0510 e. The van der Waals surface area contributed by atoms with Crippen molar-refractivity contribution in [3.05, 3.63) is 28.7 Å². The SMILES string of the molecule is CNC1CCN(c2ccccc2Br)CC1C. The molecule has 1 aliphatic rings. The summed E-state index contributed by atoms with van der Waals surface area (Å²) in [7, 11) is 2.06. The number of piperidine rings is 1. The molecule has 0 spiro atoms. The third kappa shape index (κ3) is 2.41. The maximum absolute atomic E-state index is 3.63. The number of rotatable bonds is 2. The van der Waals surface area contributed by atoms with Crippen molar-refractivity contribution >= 4 is 21.6 Å². The van der Waals surface area contributed by atoms with E-state index in [4.69, 9.17) is 0 Å². The predicted molar refractivity (Wildman–Crippen MR) is 73.0 cm³/mol. The van der Waals surface area contributed by atoms with Crippen LogP contribution in [0.5, 0.6) is 0 Å². The summed E-state index contributed by atoms with van der Waals surface area (Å²) in [5.74, 6) is 0.700. The van der Waals surface area contributed by atoms with Crippen LogP contribution in [0.15, 0.2) is 28.7 Å². The minimum atomic E-state index is 0.665. The summed E-state index contributed by atoms with van der Waals surface area (Å²) in [5, 5.41) is 3.40. The van der Waals surface area contributed by atoms with Gasteiger partial charge in [-0.1, -0.05) is 19.1 Å². The highest BCUT2D eigenvalue weighted by Crippen LogP contribution is 2.29. The number of benzene rings is 1. The third-order valence-electron chi connectivity index (χ3n) is 3.47. The number of nitrogens with zero attached hydrogens (tertiary/aromatic N) is 1. The molecule has 1 aromatic rings. The highest BCUT2D eigenvalue weighted by atomic mass is 79.9. The van der Waals surface area contributed by atoms with Gasteiger partial charge < -0.3 is 10.2 Å². The monoisotopic (exact) mass is 282 g/mol. The van der Waals surface area contributed by atoms with Gasteiger partial charge in [-0.3, -0.25) is 0 Å². The number of anilines is 1. The van der Waals surface area contributed by atoms with Gasteiger partial charge in [0.05, 0.1) is 5.69 Å². The van der Waals surface area contributed by atoms with Crippen LogP contribution in [0.2, 0.25) is 0 Å². The van der Waals surface area contributed by atoms with Crippen molar-refractivity contribution in [2.75, 3.05) is 25.0 Å². The molecule has 88 valence electrons. The summed E-state index contributed by atoms with van der Waals surface area (Å²) < 4.78 is 1.20. The second-order valence-electron chi connectivity index (χ2n) is 4.56. The second kappa shape index (κ2) is 5.19. The Balaban J connectivity index is 2.11. The summed E-state index contributed by atoms with van der Waals surface area (Å²) in [6.07, 6.45) is 1.22. The molecule has 1 aromatic carbocycles. The van der Waals surface area contributed by atoms with Crippen LogP contribution in [0.3, 0.4) is 0 Å². The van der Waals surface area contributed by atoms with E-state index >= 15 is 0 Å². The zero-order valence-corrected chi connectivity index (χ0v) is 11.5. The lowest BCUT2D eigenvalue weighted by Crippen LogP contribution is -2.47. The third-order valence-corrected chi connectivity index (χ3v) is 4.14. The normalized spacial score (nSPS) is 25.8. The van der Waals surface area contributed by atoms with Gasteiger partial charge in [-0.15, -0.1) is 0 Å². The molecular weight excluding hydrogens is 264 g/mol. The van der Waals surface area contributed by atoms with Gasteiger partial charge in [0.1, 0.15) is 0 Å². The molecule has 1 fully saturated rings. The van der Waals surface area contributed by atoms with E-state index < -0.39 is 0 Å². The fourth-order valence-electron chi connectivity index (χ4n) is 2.50. The summed E-state index contributed by atoms with van der Waals surface area (Å²) in [6, 6.07) is 9.14. The molecule has 0 saturated carbocycles. The Bertz CT molecular complexity index is 354. The standard InChI is InChI=1S/C13H19BrN2/c1-10-9-16(8-7-12(10)15-2)13-6-4-3-5-11(13)14/h3-6,10,12,15H,7-9H2,1-2H3. The highest BCUT2D eigenvalue weighted by Gasteiger charge is 2.25. The Morgan fingerprint density at radius 3 is 2.75 bits per heavy atom. The first kappa shape index (κ1) is 11.9. The number of halogens is 1. The number of nitrogens with one attached hydrogen (secondary N) is 1. The number of hydrogen-bond acceptors (Lipinski definition) is 2. The molecule has 2 atom stereocenters. The van der Waals surface area contributed by atoms with Crippen LogP contribution < -0.4 is 10.2 Å². The van der Waals surface area contributed by atoms with Crippen LogP contribution in [0.4, 0.5) is 5.69 Å². The molecule has 1 aliphatic heterocycles. The van der Waals surface area contributed by atoms with Gasteiger partial charge in [-0.25, -0.2) is 0 Å². The summed E-state index contributed by atoms with van der Waals surface area (Å²) in [4.78, 5) is 2.47. The quantitative estimate of drug-likeness (QED) is 0.898. The van der Waals surface area contributed by atoms with Gasteiger partial charge >= 0.3 is 0 Å². The summed E-state index contributed by atoms with van der Waals surface area (Å²) >= 11 is 3.63. The van der Waals surface area contributed by atoms with E-state index in [-0.39, 0.29) is 0 Å². The highest BCUT2D eigenvalue weighted by molar-refractivity contribution is 9.10. The fourth-order valence-corrected chi connectivity index (χ4v) is 3.04. The van der Waals surface area contributed by atoms with Crippen molar-refractivity contribution in [3.63, 3.8) is 0 Å². The van der Waals surface area contributed by atoms with E-state index in [2.05, 4.69) is 64.4 Å². The summed E-state index contributed by atoms with van der Waals surface area (Å²) in [6.45, 7) is 4.59. The molecule has 0 amide bonds. The molecule has 0 aliphatic carbocycles. The molecule has 2 rings (SSSR count). The van der Waals surface area contributed by atoms with Gasteiger partial charge in [0.15, 0.2) is 0 Å². The fraction of sp³-hybridized carbons (Fsp3) is 0.538. The number of para-hydroxylation sites is 1. The van der Waals surface area contributed by atoms with E-state index in [1.165, 1.54) is 16.6 Å². The molecule has 0 aromatic heterocycles. The average molecular weight is 283 g/mol. The predicted octanol–water partition coefficient (Wildman–Crippen LogP) is 2.88. The lowest BCUT2D eigenvalue weighted by Gasteiger charge is -2.38. The minimum absolute atomic E-state index is 0.665. The van der Waals surface area contributed by atoms with Crippen LogP contribution in [0, 0.1) is 5.92 Å². The van der Waals surface area contributed by atoms with Crippen LogP contribution >= 0.6 is 15.9 Å².